The average molecular weight is 240 g/mol. The largest absolute Gasteiger partial charge is 0.307 e. The first-order chi connectivity index (χ1) is 7.18. The van der Waals surface area contributed by atoms with Gasteiger partial charge in [-0.15, -0.1) is 12.4 Å². The van der Waals surface area contributed by atoms with E-state index in [0.29, 0.717) is 0 Å². The molecule has 0 aromatic heterocycles. The molecule has 0 radical (unpaired) electrons. The Bertz CT molecular complexity index is 384. The van der Waals surface area contributed by atoms with Gasteiger partial charge in [0.2, 0.25) is 0 Å². The van der Waals surface area contributed by atoms with Crippen LogP contribution < -0.4 is 5.32 Å². The van der Waals surface area contributed by atoms with Gasteiger partial charge in [0.25, 0.3) is 0 Å². The van der Waals surface area contributed by atoms with E-state index in [-0.39, 0.29) is 24.2 Å². The number of carbonyl (C=O) groups is 1. The number of ketones is 1. The molecule has 1 atom stereocenters. The SMILES string of the molecule is Cc1ccc(C)c(C(=O)C2CCCN2)c1.Cl. The number of halogens is 1. The number of rotatable bonds is 2. The lowest BCUT2D eigenvalue weighted by molar-refractivity contribution is 0.0951. The molecule has 2 nitrogen and oxygen atoms in total. The molecule has 0 saturated carbocycles. The number of benzene rings is 1. The first-order valence-electron chi connectivity index (χ1n) is 5.53. The molecular weight excluding hydrogens is 222 g/mol. The summed E-state index contributed by atoms with van der Waals surface area (Å²) < 4.78 is 0. The normalized spacial score (nSPS) is 19.2. The summed E-state index contributed by atoms with van der Waals surface area (Å²) in [6, 6.07) is 6.12. The average Bonchev–Trinajstić information content (AvgIpc) is 2.74. The summed E-state index contributed by atoms with van der Waals surface area (Å²) in [5, 5.41) is 3.25. The Balaban J connectivity index is 0.00000128. The summed E-state index contributed by atoms with van der Waals surface area (Å²) in [5.41, 5.74) is 3.12. The van der Waals surface area contributed by atoms with E-state index in [1.165, 1.54) is 0 Å². The van der Waals surface area contributed by atoms with Gasteiger partial charge in [0.05, 0.1) is 6.04 Å². The summed E-state index contributed by atoms with van der Waals surface area (Å²) in [6.45, 7) is 5.00. The van der Waals surface area contributed by atoms with E-state index < -0.39 is 0 Å². The topological polar surface area (TPSA) is 29.1 Å². The number of hydrogen-bond donors (Lipinski definition) is 1. The van der Waals surface area contributed by atoms with Crippen LogP contribution in [0.5, 0.6) is 0 Å². The minimum atomic E-state index is 0. The highest BCUT2D eigenvalue weighted by atomic mass is 35.5. The molecular formula is C13H18ClNO. The van der Waals surface area contributed by atoms with Gasteiger partial charge in [0.15, 0.2) is 5.78 Å². The highest BCUT2D eigenvalue weighted by Crippen LogP contribution is 2.16. The quantitative estimate of drug-likeness (QED) is 0.804. The number of hydrogen-bond acceptors (Lipinski definition) is 2. The maximum absolute atomic E-state index is 12.2. The van der Waals surface area contributed by atoms with Gasteiger partial charge < -0.3 is 5.32 Å². The zero-order valence-electron chi connectivity index (χ0n) is 9.75. The molecule has 1 unspecified atom stereocenters. The minimum absolute atomic E-state index is 0. The summed E-state index contributed by atoms with van der Waals surface area (Å²) >= 11 is 0. The molecule has 1 heterocycles. The molecule has 1 aliphatic rings. The van der Waals surface area contributed by atoms with Crippen LogP contribution in [0.2, 0.25) is 0 Å². The molecule has 1 fully saturated rings. The van der Waals surface area contributed by atoms with E-state index in [2.05, 4.69) is 5.32 Å². The Morgan fingerprint density at radius 2 is 2.12 bits per heavy atom. The fourth-order valence-electron chi connectivity index (χ4n) is 2.10. The predicted molar refractivity (Wildman–Crippen MR) is 68.5 cm³/mol. The second kappa shape index (κ2) is 5.46. The van der Waals surface area contributed by atoms with Gasteiger partial charge in [-0.1, -0.05) is 17.7 Å². The molecule has 1 saturated heterocycles. The third kappa shape index (κ3) is 2.63. The summed E-state index contributed by atoms with van der Waals surface area (Å²) in [6.07, 6.45) is 2.09. The second-order valence-electron chi connectivity index (χ2n) is 4.33. The molecule has 88 valence electrons. The number of Topliss-reactive ketones (excluding diaryl/α,β-unsaturated/α-hetero) is 1. The smallest absolute Gasteiger partial charge is 0.179 e. The van der Waals surface area contributed by atoms with Crippen LogP contribution in [0.15, 0.2) is 18.2 Å². The molecule has 3 heteroatoms. The van der Waals surface area contributed by atoms with Crippen molar-refractivity contribution in [3.05, 3.63) is 34.9 Å². The second-order valence-corrected chi connectivity index (χ2v) is 4.33. The van der Waals surface area contributed by atoms with Crippen LogP contribution in [0.1, 0.15) is 34.3 Å². The van der Waals surface area contributed by atoms with Crippen molar-refractivity contribution in [1.82, 2.24) is 5.32 Å². The van der Waals surface area contributed by atoms with Crippen LogP contribution >= 0.6 is 12.4 Å². The maximum atomic E-state index is 12.2. The Kier molecular flexibility index (Phi) is 4.51. The van der Waals surface area contributed by atoms with Crippen molar-refractivity contribution in [2.45, 2.75) is 32.7 Å². The van der Waals surface area contributed by atoms with Crippen LogP contribution in [-0.4, -0.2) is 18.4 Å². The van der Waals surface area contributed by atoms with Crippen molar-refractivity contribution in [3.63, 3.8) is 0 Å². The maximum Gasteiger partial charge on any atom is 0.179 e. The van der Waals surface area contributed by atoms with Gasteiger partial charge in [0, 0.05) is 5.56 Å². The van der Waals surface area contributed by atoms with Crippen molar-refractivity contribution in [2.24, 2.45) is 0 Å². The number of nitrogens with one attached hydrogen (secondary N) is 1. The third-order valence-corrected chi connectivity index (χ3v) is 3.04. The van der Waals surface area contributed by atoms with E-state index in [4.69, 9.17) is 0 Å². The van der Waals surface area contributed by atoms with Crippen molar-refractivity contribution in [3.8, 4) is 0 Å². The Labute approximate surface area is 103 Å². The summed E-state index contributed by atoms with van der Waals surface area (Å²) in [5.74, 6) is 0.258. The van der Waals surface area contributed by atoms with Crippen molar-refractivity contribution in [2.75, 3.05) is 6.54 Å². The number of aryl methyl sites for hydroxylation is 2. The Morgan fingerprint density at radius 3 is 2.75 bits per heavy atom. The monoisotopic (exact) mass is 239 g/mol. The molecule has 0 amide bonds. The van der Waals surface area contributed by atoms with Crippen molar-refractivity contribution < 1.29 is 4.79 Å². The molecule has 0 spiro atoms. The highest BCUT2D eigenvalue weighted by molar-refractivity contribution is 6.01. The number of carbonyl (C=O) groups excluding carboxylic acids is 1. The molecule has 1 N–H and O–H groups in total. The molecule has 0 bridgehead atoms. The van der Waals surface area contributed by atoms with Crippen LogP contribution in [0.4, 0.5) is 0 Å². The van der Waals surface area contributed by atoms with Crippen molar-refractivity contribution >= 4 is 18.2 Å². The van der Waals surface area contributed by atoms with E-state index in [1.807, 2.05) is 32.0 Å². The standard InChI is InChI=1S/C13H17NO.ClH/c1-9-5-6-10(2)11(8-9)13(15)12-4-3-7-14-12;/h5-6,8,12,14H,3-4,7H2,1-2H3;1H. The first-order valence-corrected chi connectivity index (χ1v) is 5.53. The predicted octanol–water partition coefficient (Wildman–Crippen LogP) is 2.66. The molecule has 1 aromatic rings. The van der Waals surface area contributed by atoms with Crippen LogP contribution in [-0.2, 0) is 0 Å². The lowest BCUT2D eigenvalue weighted by Crippen LogP contribution is -2.31. The molecule has 1 aliphatic heterocycles. The van der Waals surface area contributed by atoms with Gasteiger partial charge in [-0.2, -0.15) is 0 Å². The lowest BCUT2D eigenvalue weighted by Gasteiger charge is -2.11. The van der Waals surface area contributed by atoms with E-state index in [9.17, 15) is 4.79 Å². The minimum Gasteiger partial charge on any atom is -0.307 e. The first kappa shape index (κ1) is 13.2. The van der Waals surface area contributed by atoms with Crippen LogP contribution in [0, 0.1) is 13.8 Å². The Morgan fingerprint density at radius 1 is 1.38 bits per heavy atom. The summed E-state index contributed by atoms with van der Waals surface area (Å²) in [7, 11) is 0. The van der Waals surface area contributed by atoms with Gasteiger partial charge in [0.1, 0.15) is 0 Å². The van der Waals surface area contributed by atoms with Crippen molar-refractivity contribution in [1.29, 1.82) is 0 Å². The van der Waals surface area contributed by atoms with E-state index >= 15 is 0 Å². The fraction of sp³-hybridized carbons (Fsp3) is 0.462. The van der Waals surface area contributed by atoms with Crippen LogP contribution in [0.3, 0.4) is 0 Å². The van der Waals surface area contributed by atoms with Gasteiger partial charge >= 0.3 is 0 Å². The van der Waals surface area contributed by atoms with E-state index in [0.717, 1.165) is 36.1 Å². The zero-order valence-corrected chi connectivity index (χ0v) is 10.6. The van der Waals surface area contributed by atoms with Gasteiger partial charge in [-0.05, 0) is 44.9 Å². The highest BCUT2D eigenvalue weighted by Gasteiger charge is 2.24. The lowest BCUT2D eigenvalue weighted by atomic mass is 9.97. The zero-order chi connectivity index (χ0) is 10.8. The molecule has 2 rings (SSSR count). The third-order valence-electron chi connectivity index (χ3n) is 3.04. The molecule has 16 heavy (non-hydrogen) atoms. The van der Waals surface area contributed by atoms with Gasteiger partial charge in [-0.25, -0.2) is 0 Å². The molecule has 1 aromatic carbocycles. The fourth-order valence-corrected chi connectivity index (χ4v) is 2.10. The van der Waals surface area contributed by atoms with Crippen LogP contribution in [0.25, 0.3) is 0 Å². The van der Waals surface area contributed by atoms with E-state index in [1.54, 1.807) is 0 Å². The molecule has 0 aliphatic carbocycles. The summed E-state index contributed by atoms with van der Waals surface area (Å²) in [4.78, 5) is 12.2. The van der Waals surface area contributed by atoms with Gasteiger partial charge in [-0.3, -0.25) is 4.79 Å². The Hall–Kier alpha value is -0.860.